The molecular weight excluding hydrogens is 402 g/mol. The molecule has 0 aliphatic heterocycles. The zero-order valence-corrected chi connectivity index (χ0v) is 15.7. The fraction of sp³-hybridized carbons (Fsp3) is 0.167. The molecule has 3 aromatic rings. The van der Waals surface area contributed by atoms with Gasteiger partial charge >= 0.3 is 0 Å². The second-order valence-corrected chi connectivity index (χ2v) is 6.19. The van der Waals surface area contributed by atoms with E-state index in [-0.39, 0.29) is 12.5 Å². The van der Waals surface area contributed by atoms with Crippen LogP contribution >= 0.6 is 15.9 Å². The highest BCUT2D eigenvalue weighted by Crippen LogP contribution is 2.26. The Morgan fingerprint density at radius 1 is 1.08 bits per heavy atom. The van der Waals surface area contributed by atoms with Gasteiger partial charge in [0.1, 0.15) is 17.8 Å². The number of amides is 1. The van der Waals surface area contributed by atoms with E-state index in [9.17, 15) is 4.79 Å². The minimum Gasteiger partial charge on any atom is -0.497 e. The number of anilines is 1. The zero-order valence-electron chi connectivity index (χ0n) is 14.2. The first-order chi connectivity index (χ1) is 12.6. The standard InChI is InChI=1S/C18H16BrN3O4/c1-24-13-6-12(7-14(8-13)25-2)22-17(23)9-26-18-15-5-11(19)3-4-16(15)20-10-21-18/h3-8,10H,9H2,1-2H3,(H,22,23). The van der Waals surface area contributed by atoms with Crippen molar-refractivity contribution in [2.24, 2.45) is 0 Å². The molecule has 3 rings (SSSR count). The van der Waals surface area contributed by atoms with Crippen LogP contribution in [0.4, 0.5) is 5.69 Å². The molecular formula is C18H16BrN3O4. The molecule has 0 aliphatic rings. The molecule has 0 fully saturated rings. The average Bonchev–Trinajstić information content (AvgIpc) is 2.65. The zero-order chi connectivity index (χ0) is 18.5. The molecule has 0 aliphatic carbocycles. The molecule has 0 unspecified atom stereocenters. The second kappa shape index (κ2) is 8.01. The van der Waals surface area contributed by atoms with Crippen molar-refractivity contribution in [3.05, 3.63) is 47.2 Å². The van der Waals surface area contributed by atoms with Crippen molar-refractivity contribution in [2.75, 3.05) is 26.1 Å². The van der Waals surface area contributed by atoms with Crippen LogP contribution in [-0.4, -0.2) is 36.7 Å². The van der Waals surface area contributed by atoms with Gasteiger partial charge in [0.05, 0.1) is 25.1 Å². The Bertz CT molecular complexity index is 927. The maximum absolute atomic E-state index is 12.2. The first-order valence-electron chi connectivity index (χ1n) is 7.65. The number of fused-ring (bicyclic) bond motifs is 1. The number of rotatable bonds is 6. The quantitative estimate of drug-likeness (QED) is 0.661. The van der Waals surface area contributed by atoms with Crippen molar-refractivity contribution in [3.8, 4) is 17.4 Å². The number of aromatic nitrogens is 2. The van der Waals surface area contributed by atoms with Crippen LogP contribution in [0.1, 0.15) is 0 Å². The Kier molecular flexibility index (Phi) is 5.52. The van der Waals surface area contributed by atoms with Gasteiger partial charge < -0.3 is 19.5 Å². The highest BCUT2D eigenvalue weighted by atomic mass is 79.9. The smallest absolute Gasteiger partial charge is 0.262 e. The van der Waals surface area contributed by atoms with Gasteiger partial charge in [-0.25, -0.2) is 9.97 Å². The summed E-state index contributed by atoms with van der Waals surface area (Å²) in [5.74, 6) is 1.16. The summed E-state index contributed by atoms with van der Waals surface area (Å²) in [6, 6.07) is 10.7. The van der Waals surface area contributed by atoms with E-state index in [2.05, 4.69) is 31.2 Å². The molecule has 1 aromatic heterocycles. The molecule has 134 valence electrons. The van der Waals surface area contributed by atoms with E-state index in [1.807, 2.05) is 18.2 Å². The number of ether oxygens (including phenoxy) is 3. The summed E-state index contributed by atoms with van der Waals surface area (Å²) in [5.41, 5.74) is 1.28. The molecule has 1 N–H and O–H groups in total. The maximum Gasteiger partial charge on any atom is 0.262 e. The Morgan fingerprint density at radius 2 is 1.81 bits per heavy atom. The number of nitrogens with one attached hydrogen (secondary N) is 1. The third-order valence-corrected chi connectivity index (χ3v) is 4.03. The van der Waals surface area contributed by atoms with Crippen LogP contribution in [0.5, 0.6) is 17.4 Å². The minimum absolute atomic E-state index is 0.196. The monoisotopic (exact) mass is 417 g/mol. The van der Waals surface area contributed by atoms with Crippen molar-refractivity contribution in [3.63, 3.8) is 0 Å². The van der Waals surface area contributed by atoms with Crippen LogP contribution in [0, 0.1) is 0 Å². The largest absolute Gasteiger partial charge is 0.497 e. The Labute approximate surface area is 158 Å². The van der Waals surface area contributed by atoms with Crippen LogP contribution in [0.25, 0.3) is 10.9 Å². The van der Waals surface area contributed by atoms with Gasteiger partial charge in [-0.3, -0.25) is 4.79 Å². The molecule has 7 nitrogen and oxygen atoms in total. The number of hydrogen-bond donors (Lipinski definition) is 1. The van der Waals surface area contributed by atoms with Crippen molar-refractivity contribution in [1.29, 1.82) is 0 Å². The van der Waals surface area contributed by atoms with Gasteiger partial charge in [0, 0.05) is 28.4 Å². The van der Waals surface area contributed by atoms with E-state index < -0.39 is 0 Å². The fourth-order valence-corrected chi connectivity index (χ4v) is 2.69. The van der Waals surface area contributed by atoms with Crippen molar-refractivity contribution < 1.29 is 19.0 Å². The fourth-order valence-electron chi connectivity index (χ4n) is 2.33. The van der Waals surface area contributed by atoms with Gasteiger partial charge in [0.2, 0.25) is 5.88 Å². The van der Waals surface area contributed by atoms with E-state index in [4.69, 9.17) is 14.2 Å². The lowest BCUT2D eigenvalue weighted by Crippen LogP contribution is -2.20. The normalized spacial score (nSPS) is 10.4. The number of carbonyl (C=O) groups is 1. The molecule has 0 atom stereocenters. The summed E-state index contributed by atoms with van der Waals surface area (Å²) in [5, 5.41) is 3.46. The molecule has 1 amide bonds. The van der Waals surface area contributed by atoms with E-state index in [1.54, 1.807) is 32.4 Å². The van der Waals surface area contributed by atoms with Crippen molar-refractivity contribution in [1.82, 2.24) is 9.97 Å². The third-order valence-electron chi connectivity index (χ3n) is 3.54. The molecule has 0 bridgehead atoms. The number of nitrogens with zero attached hydrogens (tertiary/aromatic N) is 2. The second-order valence-electron chi connectivity index (χ2n) is 5.28. The first kappa shape index (κ1) is 17.9. The summed E-state index contributed by atoms with van der Waals surface area (Å²) in [4.78, 5) is 20.5. The van der Waals surface area contributed by atoms with Crippen molar-refractivity contribution in [2.45, 2.75) is 0 Å². The lowest BCUT2D eigenvalue weighted by Gasteiger charge is -2.11. The van der Waals surface area contributed by atoms with Gasteiger partial charge in [-0.2, -0.15) is 0 Å². The minimum atomic E-state index is -0.331. The van der Waals surface area contributed by atoms with Crippen molar-refractivity contribution >= 4 is 38.4 Å². The molecule has 2 aromatic carbocycles. The molecule has 0 saturated heterocycles. The number of methoxy groups -OCH3 is 2. The van der Waals surface area contributed by atoms with E-state index in [0.29, 0.717) is 23.1 Å². The van der Waals surface area contributed by atoms with Crippen LogP contribution in [0.15, 0.2) is 47.2 Å². The van der Waals surface area contributed by atoms with Gasteiger partial charge in [0.25, 0.3) is 5.91 Å². The predicted octanol–water partition coefficient (Wildman–Crippen LogP) is 3.43. The lowest BCUT2D eigenvalue weighted by atomic mass is 10.2. The van der Waals surface area contributed by atoms with Crippen LogP contribution in [0.2, 0.25) is 0 Å². The highest BCUT2D eigenvalue weighted by molar-refractivity contribution is 9.10. The van der Waals surface area contributed by atoms with Gasteiger partial charge in [0.15, 0.2) is 6.61 Å². The number of carbonyl (C=O) groups excluding carboxylic acids is 1. The molecule has 0 saturated carbocycles. The Balaban J connectivity index is 1.71. The molecule has 0 spiro atoms. The Hall–Kier alpha value is -2.87. The molecule has 0 radical (unpaired) electrons. The summed E-state index contributed by atoms with van der Waals surface area (Å²) < 4.78 is 16.8. The number of benzene rings is 2. The van der Waals surface area contributed by atoms with E-state index in [0.717, 1.165) is 15.4 Å². The van der Waals surface area contributed by atoms with E-state index >= 15 is 0 Å². The lowest BCUT2D eigenvalue weighted by molar-refractivity contribution is -0.118. The third kappa shape index (κ3) is 4.20. The maximum atomic E-state index is 12.2. The predicted molar refractivity (Wildman–Crippen MR) is 101 cm³/mol. The van der Waals surface area contributed by atoms with E-state index in [1.165, 1.54) is 6.33 Å². The van der Waals surface area contributed by atoms with Gasteiger partial charge in [-0.05, 0) is 18.2 Å². The SMILES string of the molecule is COc1cc(NC(=O)COc2ncnc3ccc(Br)cc23)cc(OC)c1. The topological polar surface area (TPSA) is 82.6 Å². The number of hydrogen-bond acceptors (Lipinski definition) is 6. The molecule has 26 heavy (non-hydrogen) atoms. The summed E-state index contributed by atoms with van der Waals surface area (Å²) in [7, 11) is 3.09. The van der Waals surface area contributed by atoms with Crippen LogP contribution in [-0.2, 0) is 4.79 Å². The Morgan fingerprint density at radius 3 is 2.50 bits per heavy atom. The summed E-state index contributed by atoms with van der Waals surface area (Å²) >= 11 is 3.40. The van der Waals surface area contributed by atoms with Crippen LogP contribution in [0.3, 0.4) is 0 Å². The molecule has 8 heteroatoms. The van der Waals surface area contributed by atoms with Gasteiger partial charge in [-0.15, -0.1) is 0 Å². The average molecular weight is 418 g/mol. The molecule has 1 heterocycles. The van der Waals surface area contributed by atoms with Crippen LogP contribution < -0.4 is 19.5 Å². The van der Waals surface area contributed by atoms with Gasteiger partial charge in [-0.1, -0.05) is 15.9 Å². The summed E-state index contributed by atoms with van der Waals surface area (Å²) in [6.45, 7) is -0.196. The highest BCUT2D eigenvalue weighted by Gasteiger charge is 2.10. The number of halogens is 1. The summed E-state index contributed by atoms with van der Waals surface area (Å²) in [6.07, 6.45) is 1.40. The first-order valence-corrected chi connectivity index (χ1v) is 8.44.